The van der Waals surface area contributed by atoms with E-state index in [4.69, 9.17) is 0 Å². The second-order valence-corrected chi connectivity index (χ2v) is 8.90. The Bertz CT molecular complexity index is 1020. The lowest BCUT2D eigenvalue weighted by Gasteiger charge is -2.31. The van der Waals surface area contributed by atoms with Gasteiger partial charge in [-0.15, -0.1) is 11.3 Å². The highest BCUT2D eigenvalue weighted by molar-refractivity contribution is 7.10. The number of nitrogens with one attached hydrogen (secondary N) is 1. The van der Waals surface area contributed by atoms with E-state index < -0.39 is 11.6 Å². The average molecular weight is 397 g/mol. The lowest BCUT2D eigenvalue weighted by Crippen LogP contribution is -2.46. The number of imide groups is 1. The SMILES string of the molecule is Cc1cc(C)c(C(=O)CN2C(=O)N[C@]3(CCCc4sccc43)C2=O)c(C)c1C. The van der Waals surface area contributed by atoms with Gasteiger partial charge in [-0.1, -0.05) is 6.07 Å². The van der Waals surface area contributed by atoms with E-state index in [-0.39, 0.29) is 18.2 Å². The van der Waals surface area contributed by atoms with E-state index in [9.17, 15) is 14.4 Å². The van der Waals surface area contributed by atoms with Crippen molar-refractivity contribution < 1.29 is 14.4 Å². The number of amides is 3. The van der Waals surface area contributed by atoms with Crippen LogP contribution in [0.3, 0.4) is 0 Å². The van der Waals surface area contributed by atoms with Crippen molar-refractivity contribution in [2.75, 3.05) is 6.54 Å². The molecule has 1 aromatic heterocycles. The van der Waals surface area contributed by atoms with Crippen molar-refractivity contribution in [2.45, 2.75) is 52.5 Å². The molecule has 1 aromatic carbocycles. The third-order valence-corrected chi connectivity index (χ3v) is 7.25. The molecule has 1 aliphatic heterocycles. The number of rotatable bonds is 3. The first-order valence-corrected chi connectivity index (χ1v) is 10.5. The summed E-state index contributed by atoms with van der Waals surface area (Å²) in [4.78, 5) is 41.3. The molecule has 0 bridgehead atoms. The van der Waals surface area contributed by atoms with Crippen LogP contribution in [-0.4, -0.2) is 29.2 Å². The molecule has 1 aliphatic carbocycles. The molecule has 0 radical (unpaired) electrons. The molecule has 2 aromatic rings. The average Bonchev–Trinajstić information content (AvgIpc) is 3.21. The summed E-state index contributed by atoms with van der Waals surface area (Å²) >= 11 is 1.62. The zero-order chi connectivity index (χ0) is 20.2. The minimum atomic E-state index is -1.00. The number of aryl methyl sites for hydroxylation is 3. The van der Waals surface area contributed by atoms with Gasteiger partial charge in [0.15, 0.2) is 5.78 Å². The van der Waals surface area contributed by atoms with Crippen molar-refractivity contribution in [2.24, 2.45) is 0 Å². The Hall–Kier alpha value is -2.47. The van der Waals surface area contributed by atoms with Crippen LogP contribution in [0.4, 0.5) is 4.79 Å². The van der Waals surface area contributed by atoms with Gasteiger partial charge in [0.05, 0.1) is 6.54 Å². The van der Waals surface area contributed by atoms with Gasteiger partial charge in [0.25, 0.3) is 5.91 Å². The van der Waals surface area contributed by atoms with Gasteiger partial charge in [-0.25, -0.2) is 4.79 Å². The predicted octanol–water partition coefficient (Wildman–Crippen LogP) is 3.95. The molecule has 0 saturated carbocycles. The molecule has 3 amide bonds. The van der Waals surface area contributed by atoms with Crippen molar-refractivity contribution in [1.82, 2.24) is 10.2 Å². The van der Waals surface area contributed by atoms with Crippen molar-refractivity contribution in [3.63, 3.8) is 0 Å². The van der Waals surface area contributed by atoms with E-state index >= 15 is 0 Å². The Balaban J connectivity index is 1.66. The van der Waals surface area contributed by atoms with Gasteiger partial charge >= 0.3 is 6.03 Å². The fourth-order valence-electron chi connectivity index (χ4n) is 4.62. The Morgan fingerprint density at radius 3 is 2.68 bits per heavy atom. The highest BCUT2D eigenvalue weighted by Gasteiger charge is 2.54. The molecule has 1 N–H and O–H groups in total. The van der Waals surface area contributed by atoms with E-state index in [1.165, 1.54) is 0 Å². The first kappa shape index (κ1) is 18.9. The third kappa shape index (κ3) is 2.62. The number of benzene rings is 1. The molecule has 0 unspecified atom stereocenters. The van der Waals surface area contributed by atoms with Crippen LogP contribution in [0.1, 0.15) is 55.9 Å². The molecule has 146 valence electrons. The lowest BCUT2D eigenvalue weighted by molar-refractivity contribution is -0.131. The van der Waals surface area contributed by atoms with Crippen molar-refractivity contribution >= 4 is 29.1 Å². The molecule has 2 aliphatic rings. The number of urea groups is 1. The molecule has 1 fully saturated rings. The van der Waals surface area contributed by atoms with Gasteiger partial charge < -0.3 is 5.32 Å². The van der Waals surface area contributed by atoms with E-state index in [2.05, 4.69) is 5.32 Å². The molecule has 28 heavy (non-hydrogen) atoms. The summed E-state index contributed by atoms with van der Waals surface area (Å²) in [7, 11) is 0. The monoisotopic (exact) mass is 396 g/mol. The fourth-order valence-corrected chi connectivity index (χ4v) is 5.62. The summed E-state index contributed by atoms with van der Waals surface area (Å²) in [6.45, 7) is 7.61. The van der Waals surface area contributed by atoms with Gasteiger partial charge in [0.1, 0.15) is 5.54 Å². The smallest absolute Gasteiger partial charge is 0.319 e. The molecule has 5 nitrogen and oxygen atoms in total. The lowest BCUT2D eigenvalue weighted by atomic mass is 9.80. The minimum absolute atomic E-state index is 0.194. The first-order chi connectivity index (χ1) is 13.3. The quantitative estimate of drug-likeness (QED) is 0.631. The van der Waals surface area contributed by atoms with Gasteiger partial charge in [0, 0.05) is 16.0 Å². The Morgan fingerprint density at radius 2 is 1.93 bits per heavy atom. The molecule has 1 atom stereocenters. The summed E-state index contributed by atoms with van der Waals surface area (Å²) in [6, 6.07) is 3.44. The van der Waals surface area contributed by atoms with Gasteiger partial charge in [0.2, 0.25) is 0 Å². The number of nitrogens with zero attached hydrogens (tertiary/aromatic N) is 1. The number of carbonyl (C=O) groups excluding carboxylic acids is 3. The van der Waals surface area contributed by atoms with Gasteiger partial charge in [-0.2, -0.15) is 0 Å². The molecule has 1 saturated heterocycles. The van der Waals surface area contributed by atoms with Crippen LogP contribution < -0.4 is 5.32 Å². The van der Waals surface area contributed by atoms with Crippen LogP contribution in [0.5, 0.6) is 0 Å². The molecular formula is C22H24N2O3S. The Labute approximate surface area is 168 Å². The van der Waals surface area contributed by atoms with E-state index in [0.717, 1.165) is 50.4 Å². The number of hydrogen-bond donors (Lipinski definition) is 1. The van der Waals surface area contributed by atoms with Crippen LogP contribution >= 0.6 is 11.3 Å². The number of carbonyl (C=O) groups is 3. The predicted molar refractivity (Wildman–Crippen MR) is 109 cm³/mol. The normalized spacial score (nSPS) is 21.2. The maximum Gasteiger partial charge on any atom is 0.325 e. The summed E-state index contributed by atoms with van der Waals surface area (Å²) < 4.78 is 0. The summed E-state index contributed by atoms with van der Waals surface area (Å²) in [5.41, 5.74) is 4.51. The van der Waals surface area contributed by atoms with Gasteiger partial charge in [-0.05, 0) is 80.7 Å². The fraction of sp³-hybridized carbons (Fsp3) is 0.409. The summed E-state index contributed by atoms with van der Waals surface area (Å²) in [5, 5.41) is 4.87. The topological polar surface area (TPSA) is 66.5 Å². The van der Waals surface area contributed by atoms with Gasteiger partial charge in [-0.3, -0.25) is 14.5 Å². The third-order valence-electron chi connectivity index (χ3n) is 6.27. The van der Waals surface area contributed by atoms with Crippen molar-refractivity contribution in [3.8, 4) is 0 Å². The second kappa shape index (κ2) is 6.55. The maximum atomic E-state index is 13.3. The maximum absolute atomic E-state index is 13.3. The number of thiophene rings is 1. The zero-order valence-electron chi connectivity index (χ0n) is 16.6. The number of hydrogen-bond acceptors (Lipinski definition) is 4. The Kier molecular flexibility index (Phi) is 4.42. The summed E-state index contributed by atoms with van der Waals surface area (Å²) in [6.07, 6.45) is 2.35. The van der Waals surface area contributed by atoms with E-state index in [0.29, 0.717) is 12.0 Å². The zero-order valence-corrected chi connectivity index (χ0v) is 17.5. The van der Waals surface area contributed by atoms with E-state index in [1.54, 1.807) is 11.3 Å². The molecule has 4 rings (SSSR count). The second-order valence-electron chi connectivity index (χ2n) is 7.90. The summed E-state index contributed by atoms with van der Waals surface area (Å²) in [5.74, 6) is -0.496. The largest absolute Gasteiger partial charge is 0.325 e. The van der Waals surface area contributed by atoms with Crippen LogP contribution in [-0.2, 0) is 16.8 Å². The van der Waals surface area contributed by atoms with Crippen LogP contribution in [0.2, 0.25) is 0 Å². The number of ketones is 1. The molecular weight excluding hydrogens is 372 g/mol. The number of fused-ring (bicyclic) bond motifs is 2. The highest BCUT2D eigenvalue weighted by Crippen LogP contribution is 2.42. The minimum Gasteiger partial charge on any atom is -0.319 e. The van der Waals surface area contributed by atoms with E-state index in [1.807, 2.05) is 45.2 Å². The number of Topliss-reactive ketones (excluding diaryl/α,β-unsaturated/α-hetero) is 1. The first-order valence-electron chi connectivity index (χ1n) is 9.58. The standard InChI is InChI=1S/C22H24N2O3S/c1-12-10-13(2)19(15(4)14(12)3)17(25)11-24-20(26)22(23-21(24)27)8-5-6-18-16(22)7-9-28-18/h7,9-10H,5-6,8,11H2,1-4H3,(H,23,27)/t22-/m0/s1. The van der Waals surface area contributed by atoms with Crippen LogP contribution in [0, 0.1) is 27.7 Å². The highest BCUT2D eigenvalue weighted by atomic mass is 32.1. The molecule has 1 spiro atoms. The molecule has 2 heterocycles. The van der Waals surface area contributed by atoms with Crippen LogP contribution in [0.25, 0.3) is 0 Å². The Morgan fingerprint density at radius 1 is 1.18 bits per heavy atom. The molecule has 6 heteroatoms. The van der Waals surface area contributed by atoms with Crippen molar-refractivity contribution in [3.05, 3.63) is 55.8 Å². The van der Waals surface area contributed by atoms with Crippen molar-refractivity contribution in [1.29, 1.82) is 0 Å². The van der Waals surface area contributed by atoms with Crippen LogP contribution in [0.15, 0.2) is 17.5 Å².